The monoisotopic (exact) mass is 392 g/mol. The van der Waals surface area contributed by atoms with Gasteiger partial charge in [0.15, 0.2) is 0 Å². The Morgan fingerprint density at radius 2 is 1.46 bits per heavy atom. The van der Waals surface area contributed by atoms with Gasteiger partial charge in [0.25, 0.3) is 0 Å². The van der Waals surface area contributed by atoms with Crippen molar-refractivity contribution in [2.24, 2.45) is 35.5 Å². The lowest BCUT2D eigenvalue weighted by atomic mass is 9.65. The highest BCUT2D eigenvalue weighted by atomic mass is 16.6. The lowest BCUT2D eigenvalue weighted by Gasteiger charge is -2.39. The normalized spacial score (nSPS) is 43.1. The van der Waals surface area contributed by atoms with Crippen LogP contribution in [-0.2, 0) is 23.8 Å². The summed E-state index contributed by atoms with van der Waals surface area (Å²) in [6, 6.07) is 0. The van der Waals surface area contributed by atoms with Crippen molar-refractivity contribution >= 4 is 11.9 Å². The van der Waals surface area contributed by atoms with Crippen LogP contribution in [0.5, 0.6) is 0 Å². The summed E-state index contributed by atoms with van der Waals surface area (Å²) in [7, 11) is 1.44. The maximum Gasteiger partial charge on any atom is 0.310 e. The van der Waals surface area contributed by atoms with Crippen molar-refractivity contribution in [2.45, 2.75) is 89.9 Å². The van der Waals surface area contributed by atoms with Gasteiger partial charge >= 0.3 is 11.9 Å². The van der Waals surface area contributed by atoms with Gasteiger partial charge in [0.1, 0.15) is 5.60 Å². The number of hydrogen-bond acceptors (Lipinski definition) is 5. The molecule has 0 aromatic carbocycles. The third-order valence-corrected chi connectivity index (χ3v) is 8.52. The zero-order chi connectivity index (χ0) is 20.1. The molecular formula is C23H36O5. The third kappa shape index (κ3) is 2.91. The van der Waals surface area contributed by atoms with Gasteiger partial charge in [0.2, 0.25) is 0 Å². The smallest absolute Gasteiger partial charge is 0.310 e. The van der Waals surface area contributed by atoms with Crippen molar-refractivity contribution in [3.05, 3.63) is 0 Å². The molecule has 5 nitrogen and oxygen atoms in total. The summed E-state index contributed by atoms with van der Waals surface area (Å²) in [5, 5.41) is 0. The molecule has 1 saturated heterocycles. The summed E-state index contributed by atoms with van der Waals surface area (Å²) in [6.07, 6.45) is 8.24. The molecule has 0 aromatic heterocycles. The first-order valence-electron chi connectivity index (χ1n) is 11.5. The molecule has 5 heteroatoms. The van der Waals surface area contributed by atoms with Crippen LogP contribution in [0.3, 0.4) is 0 Å². The largest absolute Gasteiger partial charge is 0.469 e. The summed E-state index contributed by atoms with van der Waals surface area (Å²) in [5.74, 6) is -0.00629. The topological polar surface area (TPSA) is 61.8 Å². The van der Waals surface area contributed by atoms with E-state index in [1.165, 1.54) is 7.11 Å². The second-order valence-corrected chi connectivity index (χ2v) is 9.49. The minimum Gasteiger partial charge on any atom is -0.469 e. The maximum absolute atomic E-state index is 13.4. The van der Waals surface area contributed by atoms with Gasteiger partial charge in [0.05, 0.1) is 31.2 Å². The Balaban J connectivity index is 1.62. The molecule has 28 heavy (non-hydrogen) atoms. The predicted octanol–water partition coefficient (Wildman–Crippen LogP) is 4.13. The van der Waals surface area contributed by atoms with E-state index in [0.29, 0.717) is 11.8 Å². The van der Waals surface area contributed by atoms with E-state index < -0.39 is 0 Å². The van der Waals surface area contributed by atoms with E-state index in [1.54, 1.807) is 0 Å². The quantitative estimate of drug-likeness (QED) is 0.636. The minimum atomic E-state index is -0.368. The maximum atomic E-state index is 13.4. The molecule has 0 spiro atoms. The fourth-order valence-electron chi connectivity index (χ4n) is 7.30. The average molecular weight is 393 g/mol. The van der Waals surface area contributed by atoms with Gasteiger partial charge in [-0.1, -0.05) is 20.8 Å². The molecule has 2 bridgehead atoms. The number of hydrogen-bond donors (Lipinski definition) is 0. The van der Waals surface area contributed by atoms with E-state index in [2.05, 4.69) is 20.8 Å². The van der Waals surface area contributed by atoms with Crippen molar-refractivity contribution in [3.8, 4) is 0 Å². The van der Waals surface area contributed by atoms with Gasteiger partial charge < -0.3 is 14.2 Å². The summed E-state index contributed by atoms with van der Waals surface area (Å²) in [5.41, 5.74) is -0.318. The van der Waals surface area contributed by atoms with Gasteiger partial charge in [0, 0.05) is 0 Å². The van der Waals surface area contributed by atoms with Gasteiger partial charge in [-0.15, -0.1) is 0 Å². The number of carbonyl (C=O) groups is 2. The molecule has 4 fully saturated rings. The Morgan fingerprint density at radius 1 is 0.929 bits per heavy atom. The lowest BCUT2D eigenvalue weighted by Crippen LogP contribution is -2.47. The standard InChI is InChI=1S/C23H36O5/c1-5-15-17-13-12-14(18(17)16(6-2)27-15)20(19(13)21(24)26-4)22(25)28-23(7-3)10-8-9-11-23/h13-20H,5-12H2,1-4H3. The Kier molecular flexibility index (Phi) is 5.49. The predicted molar refractivity (Wildman–Crippen MR) is 104 cm³/mol. The minimum absolute atomic E-state index is 0.153. The van der Waals surface area contributed by atoms with Gasteiger partial charge in [-0.2, -0.15) is 0 Å². The van der Waals surface area contributed by atoms with Crippen molar-refractivity contribution < 1.29 is 23.8 Å². The molecule has 0 radical (unpaired) electrons. The molecule has 3 saturated carbocycles. The number of rotatable bonds is 6. The van der Waals surface area contributed by atoms with Crippen molar-refractivity contribution in [1.82, 2.24) is 0 Å². The lowest BCUT2D eigenvalue weighted by molar-refractivity contribution is -0.176. The number of fused-ring (bicyclic) bond motifs is 5. The van der Waals surface area contributed by atoms with E-state index in [4.69, 9.17) is 14.2 Å². The second-order valence-electron chi connectivity index (χ2n) is 9.49. The van der Waals surface area contributed by atoms with Crippen LogP contribution in [0, 0.1) is 35.5 Å². The Morgan fingerprint density at radius 3 is 1.93 bits per heavy atom. The molecule has 3 aliphatic carbocycles. The molecular weight excluding hydrogens is 356 g/mol. The Labute approximate surface area is 168 Å². The van der Waals surface area contributed by atoms with Crippen LogP contribution in [0.25, 0.3) is 0 Å². The van der Waals surface area contributed by atoms with Gasteiger partial charge in [-0.05, 0) is 75.0 Å². The van der Waals surface area contributed by atoms with Crippen LogP contribution in [0.15, 0.2) is 0 Å². The zero-order valence-corrected chi connectivity index (χ0v) is 17.8. The first kappa shape index (κ1) is 20.2. The van der Waals surface area contributed by atoms with Crippen LogP contribution in [-0.4, -0.2) is 36.9 Å². The van der Waals surface area contributed by atoms with E-state index in [1.807, 2.05) is 0 Å². The molecule has 8 unspecified atom stereocenters. The fourth-order valence-corrected chi connectivity index (χ4v) is 7.30. The fraction of sp³-hybridized carbons (Fsp3) is 0.913. The molecule has 1 heterocycles. The van der Waals surface area contributed by atoms with Crippen LogP contribution in [0.1, 0.15) is 72.1 Å². The Hall–Kier alpha value is -1.10. The second kappa shape index (κ2) is 7.62. The van der Waals surface area contributed by atoms with Crippen LogP contribution >= 0.6 is 0 Å². The van der Waals surface area contributed by atoms with E-state index in [-0.39, 0.29) is 53.4 Å². The molecule has 0 amide bonds. The molecule has 0 N–H and O–H groups in total. The van der Waals surface area contributed by atoms with Crippen LogP contribution in [0.4, 0.5) is 0 Å². The molecule has 4 aliphatic rings. The highest BCUT2D eigenvalue weighted by Crippen LogP contribution is 2.64. The SMILES string of the molecule is CCC1OC(CC)C2C3CC(C(C(=O)OC)C3C(=O)OC3(CC)CCCC3)C12. The van der Waals surface area contributed by atoms with Crippen LogP contribution in [0.2, 0.25) is 0 Å². The van der Waals surface area contributed by atoms with Crippen molar-refractivity contribution in [1.29, 1.82) is 0 Å². The Bertz CT molecular complexity index is 610. The number of carbonyl (C=O) groups excluding carboxylic acids is 2. The summed E-state index contributed by atoms with van der Waals surface area (Å²) in [4.78, 5) is 26.2. The van der Waals surface area contributed by atoms with Crippen molar-refractivity contribution in [3.63, 3.8) is 0 Å². The summed E-state index contributed by atoms with van der Waals surface area (Å²) < 4.78 is 17.7. The molecule has 158 valence electrons. The number of esters is 2. The molecule has 1 aliphatic heterocycles. The summed E-state index contributed by atoms with van der Waals surface area (Å²) in [6.45, 7) is 6.44. The highest BCUT2D eigenvalue weighted by Gasteiger charge is 2.68. The third-order valence-electron chi connectivity index (χ3n) is 8.52. The summed E-state index contributed by atoms with van der Waals surface area (Å²) >= 11 is 0. The molecule has 4 rings (SSSR count). The molecule has 0 aromatic rings. The van der Waals surface area contributed by atoms with Crippen molar-refractivity contribution in [2.75, 3.05) is 7.11 Å². The number of methoxy groups -OCH3 is 1. The van der Waals surface area contributed by atoms with Gasteiger partial charge in [-0.3, -0.25) is 9.59 Å². The van der Waals surface area contributed by atoms with E-state index >= 15 is 0 Å². The zero-order valence-electron chi connectivity index (χ0n) is 17.8. The first-order chi connectivity index (χ1) is 13.5. The number of ether oxygens (including phenoxy) is 3. The van der Waals surface area contributed by atoms with Gasteiger partial charge in [-0.25, -0.2) is 0 Å². The van der Waals surface area contributed by atoms with E-state index in [0.717, 1.165) is 51.4 Å². The highest BCUT2D eigenvalue weighted by molar-refractivity contribution is 5.84. The molecule has 8 atom stereocenters. The van der Waals surface area contributed by atoms with Crippen LogP contribution < -0.4 is 0 Å². The van der Waals surface area contributed by atoms with E-state index in [9.17, 15) is 9.59 Å². The average Bonchev–Trinajstić information content (AvgIpc) is 3.46. The first-order valence-corrected chi connectivity index (χ1v) is 11.5.